The lowest BCUT2D eigenvalue weighted by Crippen LogP contribution is -2.26. The van der Waals surface area contributed by atoms with Crippen LogP contribution >= 0.6 is 0 Å². The fourth-order valence-electron chi connectivity index (χ4n) is 11.0. The van der Waals surface area contributed by atoms with Gasteiger partial charge in [-0.3, -0.25) is 0 Å². The number of rotatable bonds is 7. The van der Waals surface area contributed by atoms with Crippen LogP contribution < -0.4 is 9.80 Å². The van der Waals surface area contributed by atoms with E-state index in [-0.39, 0.29) is 0 Å². The third-order valence-corrected chi connectivity index (χ3v) is 13.8. The molecule has 1 atom stereocenters. The maximum Gasteiger partial charge on any atom is 0.0727 e. The van der Waals surface area contributed by atoms with E-state index in [2.05, 4.69) is 265 Å². The van der Waals surface area contributed by atoms with Crippen molar-refractivity contribution in [3.8, 4) is 33.4 Å². The molecule has 2 nitrogen and oxygen atoms in total. The second kappa shape index (κ2) is 14.8. The Kier molecular flexibility index (Phi) is 8.47. The SMILES string of the molecule is c1ccc(-c2cccc3ccc(N(c4ccccc4)c4ccc5c(c4)C4(c6ccccc6-c6ccc(N(c7ccccc7)c7ccc8ccccc8c7)cc64)c4ccccc4-5)cc23)cc1. The van der Waals surface area contributed by atoms with Crippen molar-refractivity contribution in [2.45, 2.75) is 5.41 Å². The number of hydrogen-bond donors (Lipinski definition) is 0. The molecule has 0 saturated heterocycles. The van der Waals surface area contributed by atoms with Crippen molar-refractivity contribution >= 4 is 55.7 Å². The number of para-hydroxylation sites is 2. The van der Waals surface area contributed by atoms with E-state index in [9.17, 15) is 0 Å². The van der Waals surface area contributed by atoms with Crippen LogP contribution in [-0.4, -0.2) is 0 Å². The topological polar surface area (TPSA) is 6.48 Å². The quantitative estimate of drug-likeness (QED) is 0.158. The molecule has 2 aliphatic carbocycles. The molecule has 2 heteroatoms. The van der Waals surface area contributed by atoms with Gasteiger partial charge in [0.15, 0.2) is 0 Å². The van der Waals surface area contributed by atoms with Crippen LogP contribution in [0.25, 0.3) is 54.9 Å². The molecule has 0 amide bonds. The molecule has 0 radical (unpaired) electrons. The summed E-state index contributed by atoms with van der Waals surface area (Å²) in [6.45, 7) is 0. The Balaban J connectivity index is 1.05. The van der Waals surface area contributed by atoms with Gasteiger partial charge in [-0.05, 0) is 150 Å². The summed E-state index contributed by atoms with van der Waals surface area (Å²) in [6, 6.07) is 94.0. The van der Waals surface area contributed by atoms with Crippen molar-refractivity contribution in [2.75, 3.05) is 9.80 Å². The van der Waals surface area contributed by atoms with Crippen LogP contribution in [0, 0.1) is 0 Å². The summed E-state index contributed by atoms with van der Waals surface area (Å²) in [5.41, 5.74) is 18.9. The van der Waals surface area contributed by atoms with E-state index in [4.69, 9.17) is 0 Å². The Morgan fingerprint density at radius 2 is 0.646 bits per heavy atom. The predicted octanol–water partition coefficient (Wildman–Crippen LogP) is 16.9. The number of benzene rings is 11. The highest BCUT2D eigenvalue weighted by molar-refractivity contribution is 6.01. The van der Waals surface area contributed by atoms with Gasteiger partial charge in [-0.15, -0.1) is 0 Å². The summed E-state index contributed by atoms with van der Waals surface area (Å²) in [4.78, 5) is 4.86. The highest BCUT2D eigenvalue weighted by Crippen LogP contribution is 2.64. The minimum absolute atomic E-state index is 0.568. The van der Waals surface area contributed by atoms with Gasteiger partial charge >= 0.3 is 0 Å². The van der Waals surface area contributed by atoms with Crippen molar-refractivity contribution in [3.63, 3.8) is 0 Å². The average molecular weight is 827 g/mol. The van der Waals surface area contributed by atoms with Crippen LogP contribution in [0.4, 0.5) is 34.1 Å². The molecule has 1 unspecified atom stereocenters. The van der Waals surface area contributed by atoms with Crippen LogP contribution in [0.5, 0.6) is 0 Å². The number of anilines is 6. The summed E-state index contributed by atoms with van der Waals surface area (Å²) < 4.78 is 0. The fourth-order valence-corrected chi connectivity index (χ4v) is 11.0. The molecule has 304 valence electrons. The smallest absolute Gasteiger partial charge is 0.0727 e. The first-order valence-electron chi connectivity index (χ1n) is 22.5. The number of fused-ring (bicyclic) bond motifs is 12. The molecule has 0 N–H and O–H groups in total. The van der Waals surface area contributed by atoms with E-state index in [1.54, 1.807) is 0 Å². The highest BCUT2D eigenvalue weighted by atomic mass is 15.1. The van der Waals surface area contributed by atoms with Gasteiger partial charge in [0.25, 0.3) is 0 Å². The van der Waals surface area contributed by atoms with Crippen molar-refractivity contribution in [1.29, 1.82) is 0 Å². The zero-order valence-corrected chi connectivity index (χ0v) is 35.6. The van der Waals surface area contributed by atoms with Crippen LogP contribution in [0.15, 0.2) is 255 Å². The molecule has 13 rings (SSSR count). The molecular weight excluding hydrogens is 785 g/mol. The molecule has 0 aliphatic heterocycles. The molecule has 0 aromatic heterocycles. The summed E-state index contributed by atoms with van der Waals surface area (Å²) >= 11 is 0. The van der Waals surface area contributed by atoms with Crippen molar-refractivity contribution in [1.82, 2.24) is 0 Å². The summed E-state index contributed by atoms with van der Waals surface area (Å²) in [5, 5.41) is 4.89. The molecule has 1 spiro atoms. The molecule has 0 saturated carbocycles. The molecule has 11 aromatic rings. The Morgan fingerprint density at radius 3 is 1.25 bits per heavy atom. The van der Waals surface area contributed by atoms with Gasteiger partial charge in [-0.2, -0.15) is 0 Å². The monoisotopic (exact) mass is 826 g/mol. The lowest BCUT2D eigenvalue weighted by Gasteiger charge is -2.33. The van der Waals surface area contributed by atoms with Crippen molar-refractivity contribution in [3.05, 3.63) is 277 Å². The van der Waals surface area contributed by atoms with Gasteiger partial charge in [0.2, 0.25) is 0 Å². The standard InChI is InChI=1S/C63H42N2/c1-4-18-44(19-5-1)53-28-16-21-45-32-34-50(40-58(45)53)65(48-24-8-3-9-25-48)52-36-38-57-55-27-13-15-30-60(55)63(62(57)42-52)59-29-14-12-26-54(59)56-37-35-51(41-61(56)63)64(47-22-6-2-7-23-47)49-33-31-43-17-10-11-20-46(43)39-49/h1-42H. The lowest BCUT2D eigenvalue weighted by atomic mass is 9.70. The first-order chi connectivity index (χ1) is 32.2. The van der Waals surface area contributed by atoms with Gasteiger partial charge in [0.1, 0.15) is 0 Å². The van der Waals surface area contributed by atoms with Gasteiger partial charge in [0.05, 0.1) is 5.41 Å². The zero-order chi connectivity index (χ0) is 42.9. The molecule has 65 heavy (non-hydrogen) atoms. The first kappa shape index (κ1) is 37.1. The molecule has 0 fully saturated rings. The third-order valence-electron chi connectivity index (χ3n) is 13.8. The average Bonchev–Trinajstić information content (AvgIpc) is 3.84. The normalized spacial score (nSPS) is 14.2. The summed E-state index contributed by atoms with van der Waals surface area (Å²) in [7, 11) is 0. The second-order valence-electron chi connectivity index (χ2n) is 17.3. The summed E-state index contributed by atoms with van der Waals surface area (Å²) in [6.07, 6.45) is 0. The third kappa shape index (κ3) is 5.74. The van der Waals surface area contributed by atoms with Gasteiger partial charge < -0.3 is 9.80 Å². The van der Waals surface area contributed by atoms with Gasteiger partial charge in [0, 0.05) is 34.1 Å². The second-order valence-corrected chi connectivity index (χ2v) is 17.3. The maximum absolute atomic E-state index is 2.49. The predicted molar refractivity (Wildman–Crippen MR) is 273 cm³/mol. The minimum atomic E-state index is -0.568. The van der Waals surface area contributed by atoms with Crippen LogP contribution in [0.2, 0.25) is 0 Å². The van der Waals surface area contributed by atoms with Crippen LogP contribution in [0.3, 0.4) is 0 Å². The molecule has 2 aliphatic rings. The van der Waals surface area contributed by atoms with Crippen molar-refractivity contribution in [2.24, 2.45) is 0 Å². The maximum atomic E-state index is 2.49. The molecular formula is C63H42N2. The number of hydrogen-bond acceptors (Lipinski definition) is 2. The van der Waals surface area contributed by atoms with Gasteiger partial charge in [-0.1, -0.05) is 182 Å². The Bertz CT molecular complexity index is 3600. The van der Waals surface area contributed by atoms with E-state index in [1.165, 1.54) is 77.2 Å². The van der Waals surface area contributed by atoms with Crippen molar-refractivity contribution < 1.29 is 0 Å². The minimum Gasteiger partial charge on any atom is -0.310 e. The molecule has 0 heterocycles. The Hall–Kier alpha value is -8.46. The zero-order valence-electron chi connectivity index (χ0n) is 35.6. The highest BCUT2D eigenvalue weighted by Gasteiger charge is 2.52. The molecule has 11 aromatic carbocycles. The molecule has 0 bridgehead atoms. The summed E-state index contributed by atoms with van der Waals surface area (Å²) in [5.74, 6) is 0. The van der Waals surface area contributed by atoms with E-state index >= 15 is 0 Å². The van der Waals surface area contributed by atoms with Crippen LogP contribution in [0.1, 0.15) is 22.3 Å². The van der Waals surface area contributed by atoms with E-state index in [0.717, 1.165) is 34.1 Å². The first-order valence-corrected chi connectivity index (χ1v) is 22.5. The van der Waals surface area contributed by atoms with Crippen LogP contribution in [-0.2, 0) is 5.41 Å². The van der Waals surface area contributed by atoms with E-state index in [1.807, 2.05) is 0 Å². The largest absolute Gasteiger partial charge is 0.310 e. The fraction of sp³-hybridized carbons (Fsp3) is 0.0159. The van der Waals surface area contributed by atoms with Gasteiger partial charge in [-0.25, -0.2) is 0 Å². The Labute approximate surface area is 379 Å². The lowest BCUT2D eigenvalue weighted by molar-refractivity contribution is 0.793. The van der Waals surface area contributed by atoms with E-state index < -0.39 is 5.41 Å². The van der Waals surface area contributed by atoms with E-state index in [0.29, 0.717) is 0 Å². The number of nitrogens with zero attached hydrogens (tertiary/aromatic N) is 2. The Morgan fingerprint density at radius 1 is 0.231 bits per heavy atom.